The van der Waals surface area contributed by atoms with Crippen LogP contribution in [0.25, 0.3) is 0 Å². The first-order valence-corrected chi connectivity index (χ1v) is 4.54. The molecule has 2 nitrogen and oxygen atoms in total. The van der Waals surface area contributed by atoms with Crippen LogP contribution in [0, 0.1) is 6.92 Å². The summed E-state index contributed by atoms with van der Waals surface area (Å²) in [6, 6.07) is 6.09. The molecule has 0 radical (unpaired) electrons. The van der Waals surface area contributed by atoms with Gasteiger partial charge in [0, 0.05) is 0 Å². The van der Waals surface area contributed by atoms with E-state index in [0.717, 1.165) is 5.75 Å². The normalized spacial score (nSPS) is 12.6. The Labute approximate surface area is 79.7 Å². The van der Waals surface area contributed by atoms with E-state index in [-0.39, 0.29) is 0 Å². The monoisotopic (exact) mass is 179 g/mol. The molecule has 0 amide bonds. The second-order valence-corrected chi connectivity index (χ2v) is 3.31. The number of methoxy groups -OCH3 is 1. The van der Waals surface area contributed by atoms with E-state index in [0.29, 0.717) is 12.5 Å². The molecule has 0 spiro atoms. The van der Waals surface area contributed by atoms with E-state index in [4.69, 9.17) is 10.5 Å². The van der Waals surface area contributed by atoms with Crippen LogP contribution in [0.15, 0.2) is 18.2 Å². The second-order valence-electron chi connectivity index (χ2n) is 3.31. The molecule has 0 aliphatic rings. The quantitative estimate of drug-likeness (QED) is 0.771. The first kappa shape index (κ1) is 10.1. The summed E-state index contributed by atoms with van der Waals surface area (Å²) >= 11 is 0. The molecule has 1 rings (SSSR count). The number of rotatable bonds is 3. The number of hydrogen-bond acceptors (Lipinski definition) is 2. The van der Waals surface area contributed by atoms with Crippen molar-refractivity contribution in [2.75, 3.05) is 13.7 Å². The first-order valence-electron chi connectivity index (χ1n) is 4.54. The van der Waals surface area contributed by atoms with Gasteiger partial charge in [0.1, 0.15) is 5.75 Å². The van der Waals surface area contributed by atoms with Gasteiger partial charge in [0.25, 0.3) is 0 Å². The Kier molecular flexibility index (Phi) is 3.32. The summed E-state index contributed by atoms with van der Waals surface area (Å²) in [5.41, 5.74) is 8.10. The summed E-state index contributed by atoms with van der Waals surface area (Å²) in [5.74, 6) is 1.34. The summed E-state index contributed by atoms with van der Waals surface area (Å²) in [6.45, 7) is 4.87. The van der Waals surface area contributed by atoms with Gasteiger partial charge in [-0.1, -0.05) is 19.1 Å². The van der Waals surface area contributed by atoms with Gasteiger partial charge in [-0.25, -0.2) is 0 Å². The van der Waals surface area contributed by atoms with Gasteiger partial charge in [0.2, 0.25) is 0 Å². The molecule has 0 aliphatic carbocycles. The summed E-state index contributed by atoms with van der Waals surface area (Å²) in [7, 11) is 1.69. The van der Waals surface area contributed by atoms with Gasteiger partial charge in [-0.15, -0.1) is 0 Å². The smallest absolute Gasteiger partial charge is 0.122 e. The van der Waals surface area contributed by atoms with E-state index in [1.165, 1.54) is 11.1 Å². The standard InChI is InChI=1S/C11H17NO/c1-8(7-12)10-5-4-6-11(13-3)9(10)2/h4-6,8H,7,12H2,1-3H3. The molecule has 0 heterocycles. The number of hydrogen-bond donors (Lipinski definition) is 1. The summed E-state index contributed by atoms with van der Waals surface area (Å²) < 4.78 is 5.24. The second kappa shape index (κ2) is 4.28. The third kappa shape index (κ3) is 2.01. The van der Waals surface area contributed by atoms with Crippen LogP contribution in [0.2, 0.25) is 0 Å². The Bertz CT molecular complexity index is 283. The Morgan fingerprint density at radius 3 is 2.69 bits per heavy atom. The number of ether oxygens (including phenoxy) is 1. The van der Waals surface area contributed by atoms with Crippen LogP contribution in [0.4, 0.5) is 0 Å². The fourth-order valence-corrected chi connectivity index (χ4v) is 1.51. The van der Waals surface area contributed by atoms with Crippen LogP contribution >= 0.6 is 0 Å². The van der Waals surface area contributed by atoms with Crippen LogP contribution < -0.4 is 10.5 Å². The van der Waals surface area contributed by atoms with Gasteiger partial charge in [-0.05, 0) is 36.6 Å². The average Bonchev–Trinajstić information content (AvgIpc) is 2.17. The van der Waals surface area contributed by atoms with Crippen LogP contribution in [0.5, 0.6) is 5.75 Å². The zero-order valence-corrected chi connectivity index (χ0v) is 8.50. The van der Waals surface area contributed by atoms with Crippen LogP contribution in [0.3, 0.4) is 0 Å². The van der Waals surface area contributed by atoms with E-state index in [2.05, 4.69) is 19.9 Å². The topological polar surface area (TPSA) is 35.2 Å². The lowest BCUT2D eigenvalue weighted by Gasteiger charge is -2.14. The molecule has 0 bridgehead atoms. The molecule has 2 heteroatoms. The van der Waals surface area contributed by atoms with Gasteiger partial charge in [0.15, 0.2) is 0 Å². The number of nitrogens with two attached hydrogens (primary N) is 1. The molecular formula is C11H17NO. The van der Waals surface area contributed by atoms with Gasteiger partial charge in [0.05, 0.1) is 7.11 Å². The highest BCUT2D eigenvalue weighted by Gasteiger charge is 2.09. The molecule has 0 fully saturated rings. The lowest BCUT2D eigenvalue weighted by molar-refractivity contribution is 0.410. The molecule has 1 atom stereocenters. The van der Waals surface area contributed by atoms with Crippen molar-refractivity contribution in [3.8, 4) is 5.75 Å². The maximum atomic E-state index is 5.62. The van der Waals surface area contributed by atoms with Gasteiger partial charge in [-0.2, -0.15) is 0 Å². The van der Waals surface area contributed by atoms with Crippen molar-refractivity contribution in [3.05, 3.63) is 29.3 Å². The molecule has 13 heavy (non-hydrogen) atoms. The minimum Gasteiger partial charge on any atom is -0.496 e. The molecule has 1 unspecified atom stereocenters. The molecule has 72 valence electrons. The van der Waals surface area contributed by atoms with Crippen molar-refractivity contribution in [3.63, 3.8) is 0 Å². The van der Waals surface area contributed by atoms with Crippen molar-refractivity contribution in [1.82, 2.24) is 0 Å². The highest BCUT2D eigenvalue weighted by Crippen LogP contribution is 2.26. The zero-order valence-electron chi connectivity index (χ0n) is 8.50. The van der Waals surface area contributed by atoms with E-state index >= 15 is 0 Å². The molecule has 0 aliphatic heterocycles. The lowest BCUT2D eigenvalue weighted by atomic mass is 9.96. The van der Waals surface area contributed by atoms with Crippen LogP contribution in [0.1, 0.15) is 24.0 Å². The molecule has 0 saturated heterocycles. The van der Waals surface area contributed by atoms with E-state index in [1.54, 1.807) is 7.11 Å². The van der Waals surface area contributed by atoms with E-state index < -0.39 is 0 Å². The van der Waals surface area contributed by atoms with Crippen molar-refractivity contribution in [2.45, 2.75) is 19.8 Å². The SMILES string of the molecule is COc1cccc(C(C)CN)c1C. The predicted octanol–water partition coefficient (Wildman–Crippen LogP) is 2.07. The Balaban J connectivity index is 3.08. The third-order valence-electron chi connectivity index (χ3n) is 2.43. The van der Waals surface area contributed by atoms with Crippen molar-refractivity contribution < 1.29 is 4.74 Å². The molecule has 1 aromatic rings. The Hall–Kier alpha value is -1.02. The van der Waals surface area contributed by atoms with Gasteiger partial charge < -0.3 is 10.5 Å². The molecule has 0 saturated carbocycles. The Morgan fingerprint density at radius 2 is 2.15 bits per heavy atom. The summed E-state index contributed by atoms with van der Waals surface area (Å²) in [4.78, 5) is 0. The third-order valence-corrected chi connectivity index (χ3v) is 2.43. The van der Waals surface area contributed by atoms with Crippen molar-refractivity contribution >= 4 is 0 Å². The van der Waals surface area contributed by atoms with Crippen LogP contribution in [-0.4, -0.2) is 13.7 Å². The largest absolute Gasteiger partial charge is 0.496 e. The van der Waals surface area contributed by atoms with Crippen molar-refractivity contribution in [1.29, 1.82) is 0 Å². The molecule has 1 aromatic carbocycles. The maximum absolute atomic E-state index is 5.62. The Morgan fingerprint density at radius 1 is 1.46 bits per heavy atom. The number of benzene rings is 1. The molecular weight excluding hydrogens is 162 g/mol. The lowest BCUT2D eigenvalue weighted by Crippen LogP contribution is -2.10. The molecule has 2 N–H and O–H groups in total. The minimum atomic E-state index is 0.398. The average molecular weight is 179 g/mol. The summed E-state index contributed by atoms with van der Waals surface area (Å²) in [6.07, 6.45) is 0. The van der Waals surface area contributed by atoms with Gasteiger partial charge >= 0.3 is 0 Å². The summed E-state index contributed by atoms with van der Waals surface area (Å²) in [5, 5.41) is 0. The van der Waals surface area contributed by atoms with Crippen LogP contribution in [-0.2, 0) is 0 Å². The van der Waals surface area contributed by atoms with Gasteiger partial charge in [-0.3, -0.25) is 0 Å². The first-order chi connectivity index (χ1) is 6.20. The minimum absolute atomic E-state index is 0.398. The van der Waals surface area contributed by atoms with E-state index in [9.17, 15) is 0 Å². The predicted molar refractivity (Wildman–Crippen MR) is 55.2 cm³/mol. The highest BCUT2D eigenvalue weighted by molar-refractivity contribution is 5.40. The van der Waals surface area contributed by atoms with Crippen molar-refractivity contribution in [2.24, 2.45) is 5.73 Å². The molecule has 0 aromatic heterocycles. The van der Waals surface area contributed by atoms with E-state index in [1.807, 2.05) is 12.1 Å². The fourth-order valence-electron chi connectivity index (χ4n) is 1.51. The highest BCUT2D eigenvalue weighted by atomic mass is 16.5. The zero-order chi connectivity index (χ0) is 9.84. The maximum Gasteiger partial charge on any atom is 0.122 e. The fraction of sp³-hybridized carbons (Fsp3) is 0.455.